The molecule has 0 saturated carbocycles. The van der Waals surface area contributed by atoms with Gasteiger partial charge in [-0.15, -0.1) is 0 Å². The second-order valence-corrected chi connectivity index (χ2v) is 11.6. The molecule has 1 aromatic carbocycles. The van der Waals surface area contributed by atoms with Gasteiger partial charge in [0.25, 0.3) is 0 Å². The van der Waals surface area contributed by atoms with E-state index in [1.54, 1.807) is 7.11 Å². The predicted octanol–water partition coefficient (Wildman–Crippen LogP) is 3.56. The molecule has 9 nitrogen and oxygen atoms in total. The van der Waals surface area contributed by atoms with E-state index >= 15 is 0 Å². The van der Waals surface area contributed by atoms with Crippen LogP contribution in [-0.2, 0) is 30.2 Å². The Hall–Kier alpha value is -2.85. The Morgan fingerprint density at radius 1 is 1.18 bits per heavy atom. The number of rotatable bonds is 9. The van der Waals surface area contributed by atoms with Gasteiger partial charge in [-0.25, -0.2) is 9.18 Å². The molecule has 2 unspecified atom stereocenters. The first-order chi connectivity index (χ1) is 18.5. The summed E-state index contributed by atoms with van der Waals surface area (Å²) in [7, 11) is 2.73. The van der Waals surface area contributed by atoms with Crippen LogP contribution in [-0.4, -0.2) is 79.0 Å². The van der Waals surface area contributed by atoms with E-state index in [0.717, 1.165) is 43.5 Å². The van der Waals surface area contributed by atoms with Crippen molar-refractivity contribution in [3.8, 4) is 11.5 Å². The molecule has 4 atom stereocenters. The maximum atomic E-state index is 14.2. The Kier molecular flexibility index (Phi) is 7.30. The van der Waals surface area contributed by atoms with Crippen LogP contribution in [0, 0.1) is 0 Å². The van der Waals surface area contributed by atoms with Gasteiger partial charge in [-0.3, -0.25) is 9.69 Å². The summed E-state index contributed by atoms with van der Waals surface area (Å²) in [4.78, 5) is 28.4. The average Bonchev–Trinajstić information content (AvgIpc) is 3.56. The van der Waals surface area contributed by atoms with Crippen molar-refractivity contribution < 1.29 is 42.8 Å². The molecule has 3 heterocycles. The van der Waals surface area contributed by atoms with Gasteiger partial charge in [-0.05, 0) is 88.3 Å². The molecule has 1 aromatic rings. The molecule has 1 N–H and O–H groups in total. The van der Waals surface area contributed by atoms with Crippen molar-refractivity contribution in [1.29, 1.82) is 0 Å². The Morgan fingerprint density at radius 2 is 1.92 bits per heavy atom. The van der Waals surface area contributed by atoms with Crippen LogP contribution in [0.4, 0.5) is 4.39 Å². The van der Waals surface area contributed by atoms with Gasteiger partial charge in [-0.1, -0.05) is 0 Å². The molecule has 3 aliphatic heterocycles. The molecule has 10 heteroatoms. The number of hydrogen-bond acceptors (Lipinski definition) is 9. The molecule has 0 aromatic heterocycles. The summed E-state index contributed by atoms with van der Waals surface area (Å²) in [6.07, 6.45) is 3.39. The van der Waals surface area contributed by atoms with Crippen LogP contribution < -0.4 is 9.47 Å². The normalized spacial score (nSPS) is 27.0. The lowest BCUT2D eigenvalue weighted by atomic mass is 9.77. The summed E-state index contributed by atoms with van der Waals surface area (Å²) >= 11 is 0. The maximum Gasteiger partial charge on any atom is 0.339 e. The van der Waals surface area contributed by atoms with Gasteiger partial charge in [0.15, 0.2) is 23.2 Å². The SMILES string of the molecule is COC(=O)CC(O)(CCCC(C)(C)F)C(=O)OC1C(OC)=C[C@]23CCCN2CCc2cc4c(cc2[C@H]13)OCO4. The third-order valence-corrected chi connectivity index (χ3v) is 8.60. The molecule has 4 aliphatic rings. The molecule has 1 fully saturated rings. The minimum atomic E-state index is -2.18. The predicted molar refractivity (Wildman–Crippen MR) is 138 cm³/mol. The summed E-state index contributed by atoms with van der Waals surface area (Å²) in [6.45, 7) is 4.73. The average molecular weight is 548 g/mol. The van der Waals surface area contributed by atoms with E-state index in [1.165, 1.54) is 21.0 Å². The highest BCUT2D eigenvalue weighted by Gasteiger charge is 2.59. The number of ether oxygens (including phenoxy) is 5. The van der Waals surface area contributed by atoms with Crippen molar-refractivity contribution in [1.82, 2.24) is 4.90 Å². The molecular weight excluding hydrogens is 509 g/mol. The monoisotopic (exact) mass is 547 g/mol. The number of nitrogens with zero attached hydrogens (tertiary/aromatic N) is 1. The standard InChI is InChI=1S/C29H38FNO8/c1-27(2,30)8-5-10-29(34,16-23(32)36-4)26(33)39-25-22(35-3)15-28-9-6-11-31(28)12-7-18-13-20-21(38-17-37-20)14-19(18)24(25)28/h13-15,24-25,34H,5-12,16-17H2,1-4H3/t24-,25?,28+,29?/m1/s1. The summed E-state index contributed by atoms with van der Waals surface area (Å²) < 4.78 is 42.2. The third kappa shape index (κ3) is 5.09. The summed E-state index contributed by atoms with van der Waals surface area (Å²) in [5.41, 5.74) is -2.03. The molecule has 0 radical (unpaired) electrons. The number of alkyl halides is 1. The third-order valence-electron chi connectivity index (χ3n) is 8.60. The van der Waals surface area contributed by atoms with Crippen LogP contribution in [0.5, 0.6) is 11.5 Å². The molecule has 1 saturated heterocycles. The molecule has 1 spiro atoms. The highest BCUT2D eigenvalue weighted by molar-refractivity contribution is 5.86. The van der Waals surface area contributed by atoms with Crippen molar-refractivity contribution in [2.45, 2.75) is 87.6 Å². The largest absolute Gasteiger partial charge is 0.497 e. The van der Waals surface area contributed by atoms with Gasteiger partial charge >= 0.3 is 11.9 Å². The Labute approximate surface area is 228 Å². The number of methoxy groups -OCH3 is 2. The van der Waals surface area contributed by atoms with E-state index in [9.17, 15) is 19.1 Å². The van der Waals surface area contributed by atoms with Crippen molar-refractivity contribution in [2.24, 2.45) is 0 Å². The van der Waals surface area contributed by atoms with Crippen molar-refractivity contribution in [3.63, 3.8) is 0 Å². The number of halogens is 1. The van der Waals surface area contributed by atoms with Crippen molar-refractivity contribution in [3.05, 3.63) is 35.1 Å². The van der Waals surface area contributed by atoms with Crippen molar-refractivity contribution in [2.75, 3.05) is 34.1 Å². The minimum absolute atomic E-state index is 0.109. The lowest BCUT2D eigenvalue weighted by Gasteiger charge is -2.39. The van der Waals surface area contributed by atoms with E-state index in [2.05, 4.69) is 11.0 Å². The zero-order valence-corrected chi connectivity index (χ0v) is 23.1. The topological polar surface area (TPSA) is 104 Å². The Balaban J connectivity index is 1.50. The van der Waals surface area contributed by atoms with Gasteiger partial charge in [0.2, 0.25) is 6.79 Å². The fraction of sp³-hybridized carbons (Fsp3) is 0.655. The zero-order valence-electron chi connectivity index (χ0n) is 23.1. The fourth-order valence-electron chi connectivity index (χ4n) is 6.69. The van der Waals surface area contributed by atoms with E-state index < -0.39 is 41.3 Å². The Morgan fingerprint density at radius 3 is 2.62 bits per heavy atom. The van der Waals surface area contributed by atoms with Gasteiger partial charge in [0.05, 0.1) is 32.1 Å². The molecular formula is C29H38FNO8. The summed E-state index contributed by atoms with van der Waals surface area (Å²) in [6, 6.07) is 3.98. The maximum absolute atomic E-state index is 14.2. The van der Waals surface area contributed by atoms with Crippen LogP contribution in [0.2, 0.25) is 0 Å². The van der Waals surface area contributed by atoms with Crippen molar-refractivity contribution >= 4 is 11.9 Å². The number of hydrogen-bond donors (Lipinski definition) is 1. The van der Waals surface area contributed by atoms with Crippen LogP contribution in [0.1, 0.15) is 69.4 Å². The molecule has 39 heavy (non-hydrogen) atoms. The van der Waals surface area contributed by atoms with Crippen LogP contribution >= 0.6 is 0 Å². The lowest BCUT2D eigenvalue weighted by molar-refractivity contribution is -0.178. The van der Waals surface area contributed by atoms with Gasteiger partial charge in [0, 0.05) is 6.54 Å². The lowest BCUT2D eigenvalue weighted by Crippen LogP contribution is -2.49. The molecule has 1 aliphatic carbocycles. The fourth-order valence-corrected chi connectivity index (χ4v) is 6.69. The first-order valence-electron chi connectivity index (χ1n) is 13.6. The summed E-state index contributed by atoms with van der Waals surface area (Å²) in [5.74, 6) is -0.199. The Bertz CT molecular complexity index is 1160. The summed E-state index contributed by atoms with van der Waals surface area (Å²) in [5, 5.41) is 11.5. The van der Waals surface area contributed by atoms with E-state index in [0.29, 0.717) is 17.3 Å². The number of aliphatic hydroxyl groups is 1. The highest BCUT2D eigenvalue weighted by Crippen LogP contribution is 2.55. The number of esters is 2. The quantitative estimate of drug-likeness (QED) is 0.465. The number of carbonyl (C=O) groups excluding carboxylic acids is 2. The van der Waals surface area contributed by atoms with Gasteiger partial charge < -0.3 is 28.8 Å². The number of carbonyl (C=O) groups is 2. The second-order valence-electron chi connectivity index (χ2n) is 11.6. The van der Waals surface area contributed by atoms with Gasteiger partial charge in [-0.2, -0.15) is 0 Å². The van der Waals surface area contributed by atoms with Gasteiger partial charge in [0.1, 0.15) is 11.4 Å². The van der Waals surface area contributed by atoms with E-state index in [-0.39, 0.29) is 32.0 Å². The molecule has 214 valence electrons. The number of fused-ring (bicyclic) bond motifs is 3. The van der Waals surface area contributed by atoms with Crippen LogP contribution in [0.15, 0.2) is 24.0 Å². The molecule has 0 bridgehead atoms. The van der Waals surface area contributed by atoms with Crippen LogP contribution in [0.25, 0.3) is 0 Å². The second kappa shape index (κ2) is 10.3. The molecule has 5 rings (SSSR count). The first-order valence-corrected chi connectivity index (χ1v) is 13.6. The zero-order chi connectivity index (χ0) is 28.0. The van der Waals surface area contributed by atoms with E-state index in [1.807, 2.05) is 12.1 Å². The highest BCUT2D eigenvalue weighted by atomic mass is 19.1. The van der Waals surface area contributed by atoms with Crippen LogP contribution in [0.3, 0.4) is 0 Å². The first kappa shape index (κ1) is 27.7. The molecule has 0 amide bonds. The van der Waals surface area contributed by atoms with E-state index in [4.69, 9.17) is 23.7 Å². The number of benzene rings is 1. The minimum Gasteiger partial charge on any atom is -0.497 e. The smallest absolute Gasteiger partial charge is 0.339 e.